The molecule has 4 heterocycles. The van der Waals surface area contributed by atoms with Gasteiger partial charge < -0.3 is 19.7 Å². The molecule has 0 saturated carbocycles. The second-order valence-corrected chi connectivity index (χ2v) is 8.57. The number of halogens is 1. The maximum Gasteiger partial charge on any atom is 0.335 e. The zero-order valence-corrected chi connectivity index (χ0v) is 19.3. The Morgan fingerprint density at radius 3 is 2.59 bits per heavy atom. The molecule has 1 aliphatic rings. The molecule has 1 fully saturated rings. The number of pyridine rings is 2. The number of benzene rings is 1. The highest BCUT2D eigenvalue weighted by molar-refractivity contribution is 7.80. The molecule has 0 bridgehead atoms. The largest absolute Gasteiger partial charge is 0.478 e. The highest BCUT2D eigenvalue weighted by atomic mass is 35.5. The van der Waals surface area contributed by atoms with Crippen LogP contribution in [0.1, 0.15) is 39.6 Å². The number of hydrogen-bond acceptors (Lipinski definition) is 5. The molecule has 3 aromatic heterocycles. The normalized spacial score (nSPS) is 17.6. The molecule has 7 nitrogen and oxygen atoms in total. The minimum absolute atomic E-state index is 0.129. The van der Waals surface area contributed by atoms with Crippen LogP contribution >= 0.6 is 23.8 Å². The fraction of sp³-hybridized carbons (Fsp3) is 0.120. The van der Waals surface area contributed by atoms with Crippen LogP contribution in [0.2, 0.25) is 5.02 Å². The summed E-state index contributed by atoms with van der Waals surface area (Å²) < 4.78 is 6.27. The summed E-state index contributed by atoms with van der Waals surface area (Å²) in [6.07, 6.45) is 3.48. The van der Waals surface area contributed by atoms with Gasteiger partial charge in [0.1, 0.15) is 17.6 Å². The Balaban J connectivity index is 1.56. The molecular weight excluding hydrogens is 472 g/mol. The van der Waals surface area contributed by atoms with Gasteiger partial charge >= 0.3 is 5.97 Å². The number of rotatable bonds is 6. The maximum absolute atomic E-state index is 11.4. The lowest BCUT2D eigenvalue weighted by atomic mass is 10.0. The molecule has 4 aromatic rings. The van der Waals surface area contributed by atoms with Gasteiger partial charge in [0, 0.05) is 18.0 Å². The first-order chi connectivity index (χ1) is 16.5. The fourth-order valence-electron chi connectivity index (χ4n) is 4.05. The van der Waals surface area contributed by atoms with Gasteiger partial charge in [0.15, 0.2) is 5.11 Å². The number of nitrogens with one attached hydrogen (secondary N) is 1. The SMILES string of the molecule is O=C(O)c1ccc(Cl)c(-c2ccc([C@@H]3[C@H](c4ccccn4)NC(=S)N3Cc3ccccn3)o2)c1. The Labute approximate surface area is 206 Å². The summed E-state index contributed by atoms with van der Waals surface area (Å²) >= 11 is 12.1. The van der Waals surface area contributed by atoms with Crippen LogP contribution in [0.4, 0.5) is 0 Å². The van der Waals surface area contributed by atoms with Gasteiger partial charge in [-0.2, -0.15) is 0 Å². The van der Waals surface area contributed by atoms with Crippen molar-refractivity contribution >= 4 is 34.9 Å². The third kappa shape index (κ3) is 4.25. The van der Waals surface area contributed by atoms with E-state index in [1.54, 1.807) is 24.5 Å². The Hall–Kier alpha value is -3.75. The molecule has 1 aliphatic heterocycles. The van der Waals surface area contributed by atoms with E-state index in [9.17, 15) is 9.90 Å². The van der Waals surface area contributed by atoms with Crippen molar-refractivity contribution < 1.29 is 14.3 Å². The zero-order chi connectivity index (χ0) is 23.7. The third-order valence-corrected chi connectivity index (χ3v) is 6.34. The van der Waals surface area contributed by atoms with Crippen LogP contribution in [0.15, 0.2) is 83.5 Å². The number of carboxylic acids is 1. The van der Waals surface area contributed by atoms with E-state index in [1.165, 1.54) is 12.1 Å². The van der Waals surface area contributed by atoms with Gasteiger partial charge in [-0.05, 0) is 66.8 Å². The predicted octanol–water partition coefficient (Wildman–Crippen LogP) is 5.26. The van der Waals surface area contributed by atoms with Crippen molar-refractivity contribution in [2.75, 3.05) is 0 Å². The van der Waals surface area contributed by atoms with Gasteiger partial charge in [-0.1, -0.05) is 23.7 Å². The first-order valence-corrected chi connectivity index (χ1v) is 11.3. The van der Waals surface area contributed by atoms with Crippen molar-refractivity contribution in [1.82, 2.24) is 20.2 Å². The van der Waals surface area contributed by atoms with E-state index in [4.69, 9.17) is 28.2 Å². The highest BCUT2D eigenvalue weighted by Crippen LogP contribution is 2.41. The number of furan rings is 1. The highest BCUT2D eigenvalue weighted by Gasteiger charge is 2.41. The van der Waals surface area contributed by atoms with E-state index in [1.807, 2.05) is 47.4 Å². The van der Waals surface area contributed by atoms with Crippen molar-refractivity contribution in [1.29, 1.82) is 0 Å². The molecule has 0 radical (unpaired) electrons. The Morgan fingerprint density at radius 2 is 1.88 bits per heavy atom. The van der Waals surface area contributed by atoms with E-state index in [-0.39, 0.29) is 17.6 Å². The summed E-state index contributed by atoms with van der Waals surface area (Å²) in [6.45, 7) is 0.478. The summed E-state index contributed by atoms with van der Waals surface area (Å²) in [6, 6.07) is 19.1. The zero-order valence-electron chi connectivity index (χ0n) is 17.8. The first-order valence-electron chi connectivity index (χ1n) is 10.5. The summed E-state index contributed by atoms with van der Waals surface area (Å²) in [5, 5.41) is 13.7. The Kier molecular flexibility index (Phi) is 6.00. The van der Waals surface area contributed by atoms with E-state index >= 15 is 0 Å². The molecule has 2 N–H and O–H groups in total. The molecule has 1 aromatic carbocycles. The lowest BCUT2D eigenvalue weighted by Gasteiger charge is -2.25. The fourth-order valence-corrected chi connectivity index (χ4v) is 4.57. The standard InChI is InChI=1S/C25H19ClN4O3S/c26-18-8-7-15(24(31)32)13-17(18)20-9-10-21(33-20)23-22(19-6-2-4-12-28-19)29-25(34)30(23)14-16-5-1-3-11-27-16/h1-13,22-23H,14H2,(H,29,34)(H,31,32)/t22-,23+/m0/s1. The average molecular weight is 491 g/mol. The number of aromatic carboxylic acids is 1. The maximum atomic E-state index is 11.4. The van der Waals surface area contributed by atoms with E-state index < -0.39 is 5.97 Å². The van der Waals surface area contributed by atoms with Crippen molar-refractivity contribution in [3.05, 3.63) is 107 Å². The summed E-state index contributed by atoms with van der Waals surface area (Å²) in [5.74, 6) is 0.0796. The molecule has 5 rings (SSSR count). The van der Waals surface area contributed by atoms with Gasteiger partial charge in [0.05, 0.1) is 34.6 Å². The van der Waals surface area contributed by atoms with E-state index in [2.05, 4.69) is 15.3 Å². The van der Waals surface area contributed by atoms with E-state index in [0.717, 1.165) is 11.4 Å². The molecule has 1 saturated heterocycles. The van der Waals surface area contributed by atoms with Crippen LogP contribution in [-0.2, 0) is 6.54 Å². The monoisotopic (exact) mass is 490 g/mol. The molecule has 34 heavy (non-hydrogen) atoms. The van der Waals surface area contributed by atoms with Gasteiger partial charge in [0.2, 0.25) is 0 Å². The summed E-state index contributed by atoms with van der Waals surface area (Å²) in [4.78, 5) is 22.4. The first kappa shape index (κ1) is 22.1. The molecule has 9 heteroatoms. The quantitative estimate of drug-likeness (QED) is 0.353. The number of hydrogen-bond donors (Lipinski definition) is 2. The lowest BCUT2D eigenvalue weighted by Crippen LogP contribution is -2.29. The van der Waals surface area contributed by atoms with Gasteiger partial charge in [-0.15, -0.1) is 0 Å². The molecule has 0 unspecified atom stereocenters. The van der Waals surface area contributed by atoms with Crippen molar-refractivity contribution in [2.45, 2.75) is 18.6 Å². The number of carboxylic acid groups (broad SMARTS) is 1. The average Bonchev–Trinajstić information content (AvgIpc) is 3.45. The molecular formula is C25H19ClN4O3S. The van der Waals surface area contributed by atoms with E-state index in [0.29, 0.717) is 33.8 Å². The lowest BCUT2D eigenvalue weighted by molar-refractivity contribution is 0.0697. The Morgan fingerprint density at radius 1 is 1.09 bits per heavy atom. The summed E-state index contributed by atoms with van der Waals surface area (Å²) in [7, 11) is 0. The van der Waals surface area contributed by atoms with Crippen LogP contribution in [0, 0.1) is 0 Å². The number of aromatic nitrogens is 2. The van der Waals surface area contributed by atoms with Crippen molar-refractivity contribution in [3.8, 4) is 11.3 Å². The molecule has 0 amide bonds. The van der Waals surface area contributed by atoms with Crippen molar-refractivity contribution in [3.63, 3.8) is 0 Å². The predicted molar refractivity (Wildman–Crippen MR) is 131 cm³/mol. The summed E-state index contributed by atoms with van der Waals surface area (Å²) in [5.41, 5.74) is 2.32. The second-order valence-electron chi connectivity index (χ2n) is 7.78. The van der Waals surface area contributed by atoms with Gasteiger partial charge in [-0.25, -0.2) is 4.79 Å². The van der Waals surface area contributed by atoms with Crippen LogP contribution in [0.25, 0.3) is 11.3 Å². The topological polar surface area (TPSA) is 91.5 Å². The van der Waals surface area contributed by atoms with Crippen LogP contribution in [-0.4, -0.2) is 31.1 Å². The molecule has 2 atom stereocenters. The number of carbonyl (C=O) groups is 1. The van der Waals surface area contributed by atoms with Crippen LogP contribution in [0.3, 0.4) is 0 Å². The minimum Gasteiger partial charge on any atom is -0.478 e. The minimum atomic E-state index is -1.04. The second kappa shape index (κ2) is 9.24. The third-order valence-electron chi connectivity index (χ3n) is 5.65. The smallest absolute Gasteiger partial charge is 0.335 e. The van der Waals surface area contributed by atoms with Gasteiger partial charge in [-0.3, -0.25) is 9.97 Å². The number of thiocarbonyl (C=S) groups is 1. The van der Waals surface area contributed by atoms with Crippen molar-refractivity contribution in [2.24, 2.45) is 0 Å². The number of nitrogens with zero attached hydrogens (tertiary/aromatic N) is 3. The molecule has 170 valence electrons. The van der Waals surface area contributed by atoms with Crippen LogP contribution in [0.5, 0.6) is 0 Å². The molecule has 0 spiro atoms. The van der Waals surface area contributed by atoms with Crippen LogP contribution < -0.4 is 5.32 Å². The van der Waals surface area contributed by atoms with Gasteiger partial charge in [0.25, 0.3) is 0 Å². The molecule has 0 aliphatic carbocycles. The Bertz CT molecular complexity index is 1350.